The normalized spacial score (nSPS) is 15.2. The van der Waals surface area contributed by atoms with Crippen molar-refractivity contribution in [3.63, 3.8) is 0 Å². The fraction of sp³-hybridized carbons (Fsp3) is 0.308. The molecule has 0 unspecified atom stereocenters. The van der Waals surface area contributed by atoms with Gasteiger partial charge in [0.2, 0.25) is 5.91 Å². The van der Waals surface area contributed by atoms with Crippen molar-refractivity contribution in [2.45, 2.75) is 19.8 Å². The van der Waals surface area contributed by atoms with Gasteiger partial charge >= 0.3 is 0 Å². The van der Waals surface area contributed by atoms with Gasteiger partial charge in [0.1, 0.15) is 0 Å². The maximum absolute atomic E-state index is 11.6. The first-order valence-electron chi connectivity index (χ1n) is 5.50. The Kier molecular flexibility index (Phi) is 2.92. The number of hydrogen-bond donors (Lipinski definition) is 0. The molecule has 1 aliphatic heterocycles. The largest absolute Gasteiger partial charge is 0.304 e. The predicted octanol–water partition coefficient (Wildman–Crippen LogP) is 1.43. The number of hydrogen-bond acceptors (Lipinski definition) is 3. The molecule has 0 N–H and O–H groups in total. The van der Waals surface area contributed by atoms with E-state index in [0.717, 1.165) is 17.7 Å². The van der Waals surface area contributed by atoms with Gasteiger partial charge in [0.25, 0.3) is 0 Å². The number of carbonyl (C=O) groups excluding carboxylic acids is 2. The van der Waals surface area contributed by atoms with Crippen molar-refractivity contribution in [1.29, 1.82) is 5.26 Å². The Morgan fingerprint density at radius 1 is 1.41 bits per heavy atom. The molecule has 0 aromatic heterocycles. The van der Waals surface area contributed by atoms with E-state index in [2.05, 4.69) is 6.07 Å². The Morgan fingerprint density at radius 2 is 2.18 bits per heavy atom. The highest BCUT2D eigenvalue weighted by Crippen LogP contribution is 2.25. The molecule has 0 aliphatic carbocycles. The van der Waals surface area contributed by atoms with Crippen LogP contribution in [0.3, 0.4) is 0 Å². The van der Waals surface area contributed by atoms with Crippen molar-refractivity contribution < 1.29 is 9.59 Å². The van der Waals surface area contributed by atoms with E-state index in [1.54, 1.807) is 18.2 Å². The number of nitriles is 1. The maximum Gasteiger partial charge on any atom is 0.234 e. The average Bonchev–Trinajstić information content (AvgIpc) is 2.67. The van der Waals surface area contributed by atoms with E-state index in [9.17, 15) is 9.59 Å². The fourth-order valence-electron chi connectivity index (χ4n) is 2.01. The van der Waals surface area contributed by atoms with Crippen molar-refractivity contribution in [3.05, 3.63) is 29.3 Å². The van der Waals surface area contributed by atoms with Crippen molar-refractivity contribution in [1.82, 2.24) is 0 Å². The Morgan fingerprint density at radius 3 is 2.71 bits per heavy atom. The molecule has 0 spiro atoms. The van der Waals surface area contributed by atoms with E-state index in [1.807, 2.05) is 6.92 Å². The van der Waals surface area contributed by atoms with E-state index in [4.69, 9.17) is 5.26 Å². The summed E-state index contributed by atoms with van der Waals surface area (Å²) in [6.07, 6.45) is 0.714. The second-order valence-electron chi connectivity index (χ2n) is 4.00. The third-order valence-corrected chi connectivity index (χ3v) is 2.86. The van der Waals surface area contributed by atoms with Crippen LogP contribution in [0, 0.1) is 11.3 Å². The molecule has 17 heavy (non-hydrogen) atoms. The molecule has 1 aromatic carbocycles. The van der Waals surface area contributed by atoms with Crippen LogP contribution in [0.1, 0.15) is 24.5 Å². The molecule has 2 rings (SSSR count). The lowest BCUT2D eigenvalue weighted by Crippen LogP contribution is -2.25. The number of aryl methyl sites for hydroxylation is 1. The molecule has 1 fully saturated rings. The molecular weight excluding hydrogens is 216 g/mol. The number of benzene rings is 1. The summed E-state index contributed by atoms with van der Waals surface area (Å²) in [6, 6.07) is 7.25. The molecule has 4 heteroatoms. The van der Waals surface area contributed by atoms with Crippen LogP contribution in [0.2, 0.25) is 0 Å². The fourth-order valence-corrected chi connectivity index (χ4v) is 2.01. The lowest BCUT2D eigenvalue weighted by atomic mass is 10.1. The van der Waals surface area contributed by atoms with Crippen LogP contribution in [-0.4, -0.2) is 18.2 Å². The molecule has 1 saturated heterocycles. The number of ketones is 1. The minimum Gasteiger partial charge on any atom is -0.304 e. The third kappa shape index (κ3) is 2.04. The third-order valence-electron chi connectivity index (χ3n) is 2.86. The molecule has 0 saturated carbocycles. The number of nitrogens with zero attached hydrogens (tertiary/aromatic N) is 2. The first-order chi connectivity index (χ1) is 8.15. The monoisotopic (exact) mass is 228 g/mol. The van der Waals surface area contributed by atoms with E-state index in [-0.39, 0.29) is 24.7 Å². The first kappa shape index (κ1) is 11.3. The van der Waals surface area contributed by atoms with Gasteiger partial charge in [0.15, 0.2) is 5.78 Å². The molecule has 86 valence electrons. The van der Waals surface area contributed by atoms with Crippen molar-refractivity contribution in [3.8, 4) is 6.07 Å². The van der Waals surface area contributed by atoms with Crippen LogP contribution in [0.25, 0.3) is 0 Å². The standard InChI is InChI=1S/C13H12N2O2/c1-2-10-5-9(7-14)3-4-12(10)15-8-11(16)6-13(15)17/h3-5H,2,6,8H2,1H3. The number of amides is 1. The summed E-state index contributed by atoms with van der Waals surface area (Å²) in [4.78, 5) is 24.4. The number of rotatable bonds is 2. The molecule has 0 bridgehead atoms. The van der Waals surface area contributed by atoms with E-state index in [0.29, 0.717) is 5.56 Å². The van der Waals surface area contributed by atoms with Gasteiger partial charge in [-0.3, -0.25) is 9.59 Å². The van der Waals surface area contributed by atoms with Crippen LogP contribution in [0.5, 0.6) is 0 Å². The van der Waals surface area contributed by atoms with Gasteiger partial charge in [0.05, 0.1) is 24.6 Å². The summed E-state index contributed by atoms with van der Waals surface area (Å²) in [5.74, 6) is -0.212. The molecule has 1 amide bonds. The lowest BCUT2D eigenvalue weighted by Gasteiger charge is -2.18. The molecule has 0 radical (unpaired) electrons. The summed E-state index contributed by atoms with van der Waals surface area (Å²) in [7, 11) is 0. The quantitative estimate of drug-likeness (QED) is 0.719. The van der Waals surface area contributed by atoms with Crippen LogP contribution in [0.15, 0.2) is 18.2 Å². The van der Waals surface area contributed by atoms with Crippen LogP contribution < -0.4 is 4.90 Å². The zero-order chi connectivity index (χ0) is 12.4. The SMILES string of the molecule is CCc1cc(C#N)ccc1N1CC(=O)CC1=O. The first-order valence-corrected chi connectivity index (χ1v) is 5.50. The average molecular weight is 228 g/mol. The van der Waals surface area contributed by atoms with E-state index in [1.165, 1.54) is 4.90 Å². The van der Waals surface area contributed by atoms with Gasteiger partial charge in [0, 0.05) is 5.69 Å². The Balaban J connectivity index is 2.42. The van der Waals surface area contributed by atoms with Crippen molar-refractivity contribution >= 4 is 17.4 Å². The highest BCUT2D eigenvalue weighted by atomic mass is 16.2. The minimum absolute atomic E-state index is 0.0108. The topological polar surface area (TPSA) is 61.2 Å². The van der Waals surface area contributed by atoms with Gasteiger partial charge < -0.3 is 4.90 Å². The molecule has 1 heterocycles. The Bertz CT molecular complexity index is 529. The number of carbonyl (C=O) groups is 2. The summed E-state index contributed by atoms with van der Waals surface area (Å²) in [5.41, 5.74) is 2.25. The zero-order valence-corrected chi connectivity index (χ0v) is 9.56. The van der Waals surface area contributed by atoms with Crippen LogP contribution in [0.4, 0.5) is 5.69 Å². The molecule has 4 nitrogen and oxygen atoms in total. The highest BCUT2D eigenvalue weighted by molar-refractivity contribution is 6.15. The van der Waals surface area contributed by atoms with Gasteiger partial charge in [-0.1, -0.05) is 6.92 Å². The molecule has 1 aliphatic rings. The van der Waals surface area contributed by atoms with E-state index < -0.39 is 0 Å². The Hall–Kier alpha value is -2.15. The maximum atomic E-state index is 11.6. The molecule has 0 atom stereocenters. The van der Waals surface area contributed by atoms with Gasteiger partial charge in [-0.25, -0.2) is 0 Å². The summed E-state index contributed by atoms with van der Waals surface area (Å²) in [5, 5.41) is 8.82. The summed E-state index contributed by atoms with van der Waals surface area (Å²) in [6.45, 7) is 2.11. The predicted molar refractivity (Wildman–Crippen MR) is 62.5 cm³/mol. The van der Waals surface area contributed by atoms with Crippen molar-refractivity contribution in [2.24, 2.45) is 0 Å². The van der Waals surface area contributed by atoms with Crippen LogP contribution >= 0.6 is 0 Å². The summed E-state index contributed by atoms with van der Waals surface area (Å²) >= 11 is 0. The second kappa shape index (κ2) is 4.38. The lowest BCUT2D eigenvalue weighted by molar-refractivity contribution is -0.121. The van der Waals surface area contributed by atoms with E-state index >= 15 is 0 Å². The smallest absolute Gasteiger partial charge is 0.234 e. The van der Waals surface area contributed by atoms with Crippen LogP contribution in [-0.2, 0) is 16.0 Å². The van der Waals surface area contributed by atoms with Gasteiger partial charge in [-0.15, -0.1) is 0 Å². The highest BCUT2D eigenvalue weighted by Gasteiger charge is 2.29. The van der Waals surface area contributed by atoms with Gasteiger partial charge in [-0.05, 0) is 30.2 Å². The van der Waals surface area contributed by atoms with Gasteiger partial charge in [-0.2, -0.15) is 5.26 Å². The zero-order valence-electron chi connectivity index (χ0n) is 9.56. The molecule has 1 aromatic rings. The van der Waals surface area contributed by atoms with Crippen molar-refractivity contribution in [2.75, 3.05) is 11.4 Å². The Labute approximate surface area is 99.5 Å². The molecular formula is C13H12N2O2. The second-order valence-corrected chi connectivity index (χ2v) is 4.00. The number of anilines is 1. The number of Topliss-reactive ketones (excluding diaryl/α,β-unsaturated/α-hetero) is 1. The summed E-state index contributed by atoms with van der Waals surface area (Å²) < 4.78 is 0. The minimum atomic E-state index is -0.158.